The molecular weight excluding hydrogens is 422 g/mol. The largest absolute Gasteiger partial charge is 0.275 e. The molecule has 4 rings (SSSR count). The van der Waals surface area contributed by atoms with Gasteiger partial charge in [0.25, 0.3) is 5.91 Å². The molecule has 3 aromatic carbocycles. The average Bonchev–Trinajstić information content (AvgIpc) is 2.70. The number of nitrogens with zero attached hydrogens (tertiary/aromatic N) is 1. The monoisotopic (exact) mass is 449 g/mol. The number of anilines is 2. The van der Waals surface area contributed by atoms with E-state index in [1.807, 2.05) is 53.4 Å². The smallest absolute Gasteiger partial charge is 0.262 e. The Labute approximate surface area is 194 Å². The fraction of sp³-hybridized carbons (Fsp3) is 0.296. The average molecular weight is 450 g/mol. The summed E-state index contributed by atoms with van der Waals surface area (Å²) in [5.74, 6) is -0.0344. The maximum absolute atomic E-state index is 14.1. The molecule has 31 heavy (non-hydrogen) atoms. The molecule has 0 N–H and O–H groups in total. The second kappa shape index (κ2) is 7.72. The molecule has 0 atom stereocenters. The van der Waals surface area contributed by atoms with Crippen molar-refractivity contribution in [2.24, 2.45) is 0 Å². The number of hydrogen-bond acceptors (Lipinski definition) is 2. The minimum atomic E-state index is -0.0623. The van der Waals surface area contributed by atoms with E-state index in [1.165, 1.54) is 0 Å². The van der Waals surface area contributed by atoms with Crippen LogP contribution in [0.2, 0.25) is 5.02 Å². The van der Waals surface area contributed by atoms with Gasteiger partial charge in [0.15, 0.2) is 0 Å². The predicted molar refractivity (Wildman–Crippen MR) is 132 cm³/mol. The SMILES string of the molecule is CC(C)(C)c1cc(C(=O)N2c3ccccc3Sc3ccc(Cl)cc32)cc(C(C)(C)C)c1. The Morgan fingerprint density at radius 1 is 0.774 bits per heavy atom. The Morgan fingerprint density at radius 2 is 1.35 bits per heavy atom. The van der Waals surface area contributed by atoms with Crippen LogP contribution in [-0.2, 0) is 10.8 Å². The number of para-hydroxylation sites is 1. The molecule has 1 amide bonds. The first-order valence-corrected chi connectivity index (χ1v) is 11.7. The third-order valence-electron chi connectivity index (χ3n) is 5.60. The van der Waals surface area contributed by atoms with Crippen molar-refractivity contribution in [2.45, 2.75) is 62.2 Å². The molecule has 3 aromatic rings. The fourth-order valence-electron chi connectivity index (χ4n) is 3.69. The van der Waals surface area contributed by atoms with E-state index in [9.17, 15) is 4.79 Å². The van der Waals surface area contributed by atoms with E-state index in [-0.39, 0.29) is 16.7 Å². The lowest BCUT2D eigenvalue weighted by molar-refractivity contribution is 0.0998. The third kappa shape index (κ3) is 4.26. The minimum Gasteiger partial charge on any atom is -0.275 e. The molecule has 0 saturated heterocycles. The second-order valence-electron chi connectivity index (χ2n) is 10.1. The lowest BCUT2D eigenvalue weighted by atomic mass is 9.79. The summed E-state index contributed by atoms with van der Waals surface area (Å²) in [6.07, 6.45) is 0. The Balaban J connectivity index is 1.92. The Kier molecular flexibility index (Phi) is 5.47. The first-order valence-electron chi connectivity index (χ1n) is 10.5. The Hall–Kier alpha value is -2.23. The van der Waals surface area contributed by atoms with E-state index < -0.39 is 0 Å². The zero-order valence-corrected chi connectivity index (χ0v) is 20.5. The molecule has 1 heterocycles. The summed E-state index contributed by atoms with van der Waals surface area (Å²) in [4.78, 5) is 18.0. The number of hydrogen-bond donors (Lipinski definition) is 0. The van der Waals surface area contributed by atoms with Gasteiger partial charge in [0.2, 0.25) is 0 Å². The van der Waals surface area contributed by atoms with Gasteiger partial charge in [0.05, 0.1) is 11.4 Å². The molecule has 4 heteroatoms. The van der Waals surface area contributed by atoms with Crippen LogP contribution in [0, 0.1) is 0 Å². The molecular formula is C27H28ClNOS. The van der Waals surface area contributed by atoms with Gasteiger partial charge < -0.3 is 0 Å². The second-order valence-corrected chi connectivity index (χ2v) is 11.6. The van der Waals surface area contributed by atoms with E-state index in [4.69, 9.17) is 11.6 Å². The summed E-state index contributed by atoms with van der Waals surface area (Å²) in [5, 5.41) is 0.621. The summed E-state index contributed by atoms with van der Waals surface area (Å²) >= 11 is 8.01. The van der Waals surface area contributed by atoms with Crippen LogP contribution >= 0.6 is 23.4 Å². The van der Waals surface area contributed by atoms with Crippen molar-refractivity contribution in [3.63, 3.8) is 0 Å². The summed E-state index contributed by atoms with van der Waals surface area (Å²) in [7, 11) is 0. The van der Waals surface area contributed by atoms with Crippen molar-refractivity contribution >= 4 is 40.6 Å². The van der Waals surface area contributed by atoms with Crippen molar-refractivity contribution in [3.05, 3.63) is 82.4 Å². The maximum atomic E-state index is 14.1. The van der Waals surface area contributed by atoms with Gasteiger partial charge in [-0.1, -0.05) is 83.1 Å². The first kappa shape index (κ1) is 22.0. The standard InChI is InChI=1S/C27H28ClNOS/c1-26(2,3)18-13-17(14-19(15-18)27(4,5)6)25(30)29-21-9-7-8-10-23(21)31-24-12-11-20(28)16-22(24)29/h7-16H,1-6H3. The van der Waals surface area contributed by atoms with Crippen LogP contribution in [0.3, 0.4) is 0 Å². The van der Waals surface area contributed by atoms with Gasteiger partial charge in [-0.3, -0.25) is 9.69 Å². The van der Waals surface area contributed by atoms with Gasteiger partial charge >= 0.3 is 0 Å². The van der Waals surface area contributed by atoms with Crippen LogP contribution in [0.1, 0.15) is 63.0 Å². The van der Waals surface area contributed by atoms with Gasteiger partial charge in [-0.15, -0.1) is 0 Å². The normalized spacial score (nSPS) is 13.6. The number of fused-ring (bicyclic) bond motifs is 2. The van der Waals surface area contributed by atoms with Gasteiger partial charge in [0.1, 0.15) is 0 Å². The highest BCUT2D eigenvalue weighted by molar-refractivity contribution is 7.99. The molecule has 1 aliphatic heterocycles. The van der Waals surface area contributed by atoms with Gasteiger partial charge in [-0.2, -0.15) is 0 Å². The number of rotatable bonds is 1. The summed E-state index contributed by atoms with van der Waals surface area (Å²) in [5.41, 5.74) is 4.62. The van der Waals surface area contributed by atoms with Crippen molar-refractivity contribution in [3.8, 4) is 0 Å². The van der Waals surface area contributed by atoms with E-state index in [1.54, 1.807) is 11.8 Å². The molecule has 0 saturated carbocycles. The predicted octanol–water partition coefficient (Wildman–Crippen LogP) is 8.38. The number of carbonyl (C=O) groups is 1. The van der Waals surface area contributed by atoms with Crippen molar-refractivity contribution < 1.29 is 4.79 Å². The summed E-state index contributed by atoms with van der Waals surface area (Å²) < 4.78 is 0. The lowest BCUT2D eigenvalue weighted by Crippen LogP contribution is -2.29. The number of halogens is 1. The van der Waals surface area contributed by atoms with Gasteiger partial charge in [-0.05, 0) is 64.4 Å². The summed E-state index contributed by atoms with van der Waals surface area (Å²) in [6, 6.07) is 20.1. The highest BCUT2D eigenvalue weighted by atomic mass is 35.5. The highest BCUT2D eigenvalue weighted by Gasteiger charge is 2.31. The highest BCUT2D eigenvalue weighted by Crippen LogP contribution is 2.49. The van der Waals surface area contributed by atoms with Crippen LogP contribution < -0.4 is 4.90 Å². The number of benzene rings is 3. The molecule has 0 aliphatic carbocycles. The molecule has 0 spiro atoms. The molecule has 0 radical (unpaired) electrons. The Bertz CT molecular complexity index is 1140. The van der Waals surface area contributed by atoms with Crippen LogP contribution in [0.15, 0.2) is 70.5 Å². The zero-order chi connectivity index (χ0) is 22.6. The van der Waals surface area contributed by atoms with Crippen molar-refractivity contribution in [1.82, 2.24) is 0 Å². The Morgan fingerprint density at radius 3 is 1.97 bits per heavy atom. The fourth-order valence-corrected chi connectivity index (χ4v) is 4.90. The van der Waals surface area contributed by atoms with E-state index in [2.05, 4.69) is 53.7 Å². The molecule has 160 valence electrons. The van der Waals surface area contributed by atoms with E-state index in [0.29, 0.717) is 10.6 Å². The minimum absolute atomic E-state index is 0.0344. The van der Waals surface area contributed by atoms with Crippen LogP contribution in [-0.4, -0.2) is 5.91 Å². The van der Waals surface area contributed by atoms with Gasteiger partial charge in [-0.25, -0.2) is 0 Å². The van der Waals surface area contributed by atoms with Gasteiger partial charge in [0, 0.05) is 20.4 Å². The number of carbonyl (C=O) groups excluding carboxylic acids is 1. The van der Waals surface area contributed by atoms with Crippen LogP contribution in [0.4, 0.5) is 11.4 Å². The van der Waals surface area contributed by atoms with E-state index >= 15 is 0 Å². The topological polar surface area (TPSA) is 20.3 Å². The molecule has 0 unspecified atom stereocenters. The van der Waals surface area contributed by atoms with Crippen LogP contribution in [0.5, 0.6) is 0 Å². The summed E-state index contributed by atoms with van der Waals surface area (Å²) in [6.45, 7) is 13.1. The first-order chi connectivity index (χ1) is 14.4. The van der Waals surface area contributed by atoms with Crippen molar-refractivity contribution in [2.75, 3.05) is 4.90 Å². The molecule has 0 bridgehead atoms. The van der Waals surface area contributed by atoms with E-state index in [0.717, 1.165) is 32.3 Å². The quantitative estimate of drug-likeness (QED) is 0.371. The molecule has 1 aliphatic rings. The molecule has 0 aromatic heterocycles. The van der Waals surface area contributed by atoms with Crippen LogP contribution in [0.25, 0.3) is 0 Å². The molecule has 0 fully saturated rings. The molecule has 2 nitrogen and oxygen atoms in total. The zero-order valence-electron chi connectivity index (χ0n) is 18.9. The number of amides is 1. The maximum Gasteiger partial charge on any atom is 0.262 e. The lowest BCUT2D eigenvalue weighted by Gasteiger charge is -2.32. The van der Waals surface area contributed by atoms with Crippen molar-refractivity contribution in [1.29, 1.82) is 0 Å². The third-order valence-corrected chi connectivity index (χ3v) is 6.97.